The number of hydrogen-bond donors (Lipinski definition) is 2. The molecule has 4 heteroatoms. The molecule has 17 heavy (non-hydrogen) atoms. The van der Waals surface area contributed by atoms with Gasteiger partial charge in [0.25, 0.3) is 0 Å². The highest BCUT2D eigenvalue weighted by Crippen LogP contribution is 2.23. The van der Waals surface area contributed by atoms with Gasteiger partial charge >= 0.3 is 6.03 Å². The third-order valence-electron chi connectivity index (χ3n) is 3.18. The molecule has 0 saturated heterocycles. The summed E-state index contributed by atoms with van der Waals surface area (Å²) >= 11 is 0. The number of carbonyl (C=O) groups is 1. The zero-order valence-corrected chi connectivity index (χ0v) is 10.2. The van der Waals surface area contributed by atoms with E-state index in [1.165, 1.54) is 25.7 Å². The molecule has 2 amide bonds. The van der Waals surface area contributed by atoms with Crippen molar-refractivity contribution < 1.29 is 4.79 Å². The van der Waals surface area contributed by atoms with E-state index in [1.807, 2.05) is 19.1 Å². The minimum absolute atomic E-state index is 0.159. The first-order valence-electron chi connectivity index (χ1n) is 6.21. The maximum absolute atomic E-state index is 11.6. The van der Waals surface area contributed by atoms with Crippen LogP contribution in [0.25, 0.3) is 0 Å². The summed E-state index contributed by atoms with van der Waals surface area (Å²) in [4.78, 5) is 15.7. The Bertz CT molecular complexity index is 369. The SMILES string of the molecule is Cc1ccc(NC(=O)NCC2CCCC2)nc1. The molecule has 1 aliphatic carbocycles. The van der Waals surface area contributed by atoms with Gasteiger partial charge in [-0.3, -0.25) is 5.32 Å². The van der Waals surface area contributed by atoms with Gasteiger partial charge in [0.05, 0.1) is 0 Å². The number of anilines is 1. The second-order valence-corrected chi connectivity index (χ2v) is 4.71. The number of pyridine rings is 1. The Balaban J connectivity index is 1.74. The molecule has 1 saturated carbocycles. The fourth-order valence-electron chi connectivity index (χ4n) is 2.15. The number of nitrogens with one attached hydrogen (secondary N) is 2. The Morgan fingerprint density at radius 3 is 2.82 bits per heavy atom. The molecule has 4 nitrogen and oxygen atoms in total. The van der Waals surface area contributed by atoms with Crippen LogP contribution in [-0.4, -0.2) is 17.6 Å². The second-order valence-electron chi connectivity index (χ2n) is 4.71. The summed E-state index contributed by atoms with van der Waals surface area (Å²) in [7, 11) is 0. The zero-order valence-electron chi connectivity index (χ0n) is 10.2. The number of aryl methyl sites for hydroxylation is 1. The molecule has 92 valence electrons. The first kappa shape index (κ1) is 11.9. The van der Waals surface area contributed by atoms with Crippen LogP contribution < -0.4 is 10.6 Å². The van der Waals surface area contributed by atoms with Crippen molar-refractivity contribution in [2.24, 2.45) is 5.92 Å². The van der Waals surface area contributed by atoms with Crippen LogP contribution in [0.1, 0.15) is 31.2 Å². The fourth-order valence-corrected chi connectivity index (χ4v) is 2.15. The molecule has 1 aliphatic rings. The Labute approximate surface area is 102 Å². The minimum Gasteiger partial charge on any atom is -0.338 e. The predicted octanol–water partition coefficient (Wildman–Crippen LogP) is 2.70. The highest BCUT2D eigenvalue weighted by atomic mass is 16.2. The molecule has 0 bridgehead atoms. The van der Waals surface area contributed by atoms with Gasteiger partial charge in [-0.05, 0) is 37.3 Å². The average Bonchev–Trinajstić information content (AvgIpc) is 2.83. The van der Waals surface area contributed by atoms with E-state index < -0.39 is 0 Å². The van der Waals surface area contributed by atoms with Crippen LogP contribution in [0, 0.1) is 12.8 Å². The fraction of sp³-hybridized carbons (Fsp3) is 0.538. The summed E-state index contributed by atoms with van der Waals surface area (Å²) in [5.74, 6) is 1.26. The Kier molecular flexibility index (Phi) is 3.96. The number of nitrogens with zero attached hydrogens (tertiary/aromatic N) is 1. The zero-order chi connectivity index (χ0) is 12.1. The van der Waals surface area contributed by atoms with Crippen molar-refractivity contribution in [3.8, 4) is 0 Å². The second kappa shape index (κ2) is 5.66. The molecular weight excluding hydrogens is 214 g/mol. The van der Waals surface area contributed by atoms with Crippen LogP contribution in [-0.2, 0) is 0 Å². The van der Waals surface area contributed by atoms with E-state index in [4.69, 9.17) is 0 Å². The van der Waals surface area contributed by atoms with Gasteiger partial charge in [-0.15, -0.1) is 0 Å². The summed E-state index contributed by atoms with van der Waals surface area (Å²) in [6, 6.07) is 3.58. The van der Waals surface area contributed by atoms with Crippen molar-refractivity contribution in [2.75, 3.05) is 11.9 Å². The van der Waals surface area contributed by atoms with Gasteiger partial charge in [0.15, 0.2) is 0 Å². The molecule has 1 fully saturated rings. The van der Waals surface area contributed by atoms with Crippen molar-refractivity contribution in [3.63, 3.8) is 0 Å². The molecule has 2 N–H and O–H groups in total. The van der Waals surface area contributed by atoms with Crippen molar-refractivity contribution in [1.29, 1.82) is 0 Å². The van der Waals surface area contributed by atoms with Crippen LogP contribution in [0.2, 0.25) is 0 Å². The van der Waals surface area contributed by atoms with Gasteiger partial charge < -0.3 is 5.32 Å². The first-order chi connectivity index (χ1) is 8.24. The van der Waals surface area contributed by atoms with Gasteiger partial charge in [0, 0.05) is 12.7 Å². The van der Waals surface area contributed by atoms with E-state index in [2.05, 4.69) is 15.6 Å². The molecule has 0 aliphatic heterocycles. The van der Waals surface area contributed by atoms with Crippen LogP contribution in [0.3, 0.4) is 0 Å². The molecular formula is C13H19N3O. The number of rotatable bonds is 3. The van der Waals surface area contributed by atoms with Gasteiger partial charge in [0.1, 0.15) is 5.82 Å². The first-order valence-corrected chi connectivity index (χ1v) is 6.21. The summed E-state index contributed by atoms with van der Waals surface area (Å²) in [6.07, 6.45) is 6.82. The minimum atomic E-state index is -0.159. The third kappa shape index (κ3) is 3.73. The molecule has 1 aromatic heterocycles. The van der Waals surface area contributed by atoms with Crippen LogP contribution >= 0.6 is 0 Å². The molecule has 2 rings (SSSR count). The maximum Gasteiger partial charge on any atom is 0.320 e. The van der Waals surface area contributed by atoms with Crippen molar-refractivity contribution in [1.82, 2.24) is 10.3 Å². The van der Waals surface area contributed by atoms with Crippen molar-refractivity contribution in [2.45, 2.75) is 32.6 Å². The quantitative estimate of drug-likeness (QED) is 0.843. The molecule has 1 aromatic rings. The predicted molar refractivity (Wildman–Crippen MR) is 68.0 cm³/mol. The van der Waals surface area contributed by atoms with Crippen molar-refractivity contribution in [3.05, 3.63) is 23.9 Å². The van der Waals surface area contributed by atoms with Crippen LogP contribution in [0.5, 0.6) is 0 Å². The molecule has 0 radical (unpaired) electrons. The molecule has 0 aromatic carbocycles. The van der Waals surface area contributed by atoms with Gasteiger partial charge in [-0.2, -0.15) is 0 Å². The Hall–Kier alpha value is -1.58. The van der Waals surface area contributed by atoms with E-state index in [9.17, 15) is 4.79 Å². The van der Waals surface area contributed by atoms with Gasteiger partial charge in [-0.1, -0.05) is 18.9 Å². The number of hydrogen-bond acceptors (Lipinski definition) is 2. The summed E-state index contributed by atoms with van der Waals surface area (Å²) in [5, 5.41) is 5.63. The number of aromatic nitrogens is 1. The summed E-state index contributed by atoms with van der Waals surface area (Å²) < 4.78 is 0. The monoisotopic (exact) mass is 233 g/mol. The van der Waals surface area contributed by atoms with E-state index >= 15 is 0 Å². The lowest BCUT2D eigenvalue weighted by molar-refractivity contribution is 0.250. The van der Waals surface area contributed by atoms with Crippen molar-refractivity contribution >= 4 is 11.8 Å². The van der Waals surface area contributed by atoms with Gasteiger partial charge in [0.2, 0.25) is 0 Å². The van der Waals surface area contributed by atoms with E-state index in [0.717, 1.165) is 12.1 Å². The highest BCUT2D eigenvalue weighted by Gasteiger charge is 2.15. The van der Waals surface area contributed by atoms with Crippen LogP contribution in [0.4, 0.5) is 10.6 Å². The Morgan fingerprint density at radius 1 is 1.41 bits per heavy atom. The van der Waals surface area contributed by atoms with Crippen LogP contribution in [0.15, 0.2) is 18.3 Å². The van der Waals surface area contributed by atoms with Gasteiger partial charge in [-0.25, -0.2) is 9.78 Å². The largest absolute Gasteiger partial charge is 0.338 e. The lowest BCUT2D eigenvalue weighted by Gasteiger charge is -2.11. The summed E-state index contributed by atoms with van der Waals surface area (Å²) in [5.41, 5.74) is 1.09. The maximum atomic E-state index is 11.6. The molecule has 0 spiro atoms. The van der Waals surface area contributed by atoms with E-state index in [1.54, 1.807) is 6.20 Å². The lowest BCUT2D eigenvalue weighted by Crippen LogP contribution is -2.32. The molecule has 1 heterocycles. The number of amides is 2. The average molecular weight is 233 g/mol. The van der Waals surface area contributed by atoms with E-state index in [-0.39, 0.29) is 6.03 Å². The standard InChI is InChI=1S/C13H19N3O/c1-10-6-7-12(14-8-10)16-13(17)15-9-11-4-2-3-5-11/h6-8,11H,2-5,9H2,1H3,(H2,14,15,16,17). The summed E-state index contributed by atoms with van der Waals surface area (Å²) in [6.45, 7) is 2.74. The normalized spacial score (nSPS) is 15.8. The molecule has 0 unspecified atom stereocenters. The molecule has 0 atom stereocenters. The Morgan fingerprint density at radius 2 is 2.18 bits per heavy atom. The topological polar surface area (TPSA) is 54.0 Å². The third-order valence-corrected chi connectivity index (χ3v) is 3.18. The number of urea groups is 1. The lowest BCUT2D eigenvalue weighted by atomic mass is 10.1. The number of carbonyl (C=O) groups excluding carboxylic acids is 1. The van der Waals surface area contributed by atoms with E-state index in [0.29, 0.717) is 11.7 Å². The smallest absolute Gasteiger partial charge is 0.320 e. The highest BCUT2D eigenvalue weighted by molar-refractivity contribution is 5.88.